The summed E-state index contributed by atoms with van der Waals surface area (Å²) >= 11 is 11.1. The largest absolute Gasteiger partial charge is 0.378 e. The average Bonchev–Trinajstić information content (AvgIpc) is 3.39. The number of halogens is 2. The predicted molar refractivity (Wildman–Crippen MR) is 127 cm³/mol. The Labute approximate surface area is 197 Å². The molecule has 0 saturated carbocycles. The van der Waals surface area contributed by atoms with E-state index in [4.69, 9.17) is 21.7 Å². The number of rotatable bonds is 5. The first-order valence-electron chi connectivity index (χ1n) is 9.99. The Balaban J connectivity index is 1.49. The van der Waals surface area contributed by atoms with Crippen molar-refractivity contribution in [3.05, 3.63) is 44.0 Å². The molecule has 1 unspecified atom stereocenters. The van der Waals surface area contributed by atoms with Crippen LogP contribution < -0.4 is 15.5 Å². The third-order valence-corrected chi connectivity index (χ3v) is 7.40. The summed E-state index contributed by atoms with van der Waals surface area (Å²) in [5.74, 6) is -0.105. The summed E-state index contributed by atoms with van der Waals surface area (Å²) in [5, 5.41) is 14.4. The molecule has 1 aromatic carbocycles. The number of amides is 2. The molecule has 2 saturated heterocycles. The average molecular weight is 526 g/mol. The molecule has 1 aromatic heterocycles. The van der Waals surface area contributed by atoms with Crippen molar-refractivity contribution in [2.45, 2.75) is 31.2 Å². The van der Waals surface area contributed by atoms with Crippen molar-refractivity contribution in [2.75, 3.05) is 30.0 Å². The van der Waals surface area contributed by atoms with Gasteiger partial charge in [0, 0.05) is 31.7 Å². The maximum atomic E-state index is 13.2. The van der Waals surface area contributed by atoms with Crippen LogP contribution in [-0.2, 0) is 9.53 Å². The molecule has 4 rings (SSSR count). The maximum Gasteiger partial charge on any atom is 0.262 e. The molecule has 0 aliphatic carbocycles. The Morgan fingerprint density at radius 2 is 2.10 bits per heavy atom. The number of thiophene rings is 1. The van der Waals surface area contributed by atoms with Gasteiger partial charge in [-0.2, -0.15) is 0 Å². The Morgan fingerprint density at radius 1 is 1.26 bits per heavy atom. The molecular formula is C21H22BrClN4O3S. The van der Waals surface area contributed by atoms with E-state index in [9.17, 15) is 9.59 Å². The SMILES string of the molecule is N=C1CCCCN1c1ccc(NC(=O)C2(NC(=O)c3ccc(Br)s3)CCOC2)cc1Cl. The van der Waals surface area contributed by atoms with Crippen molar-refractivity contribution >= 4 is 67.9 Å². The minimum atomic E-state index is -1.15. The van der Waals surface area contributed by atoms with E-state index in [0.717, 1.165) is 35.3 Å². The van der Waals surface area contributed by atoms with Gasteiger partial charge in [-0.05, 0) is 59.1 Å². The molecule has 3 N–H and O–H groups in total. The van der Waals surface area contributed by atoms with Gasteiger partial charge in [0.15, 0.2) is 0 Å². The minimum Gasteiger partial charge on any atom is -0.378 e. The smallest absolute Gasteiger partial charge is 0.262 e. The van der Waals surface area contributed by atoms with Crippen LogP contribution in [-0.4, -0.2) is 42.9 Å². The van der Waals surface area contributed by atoms with Crippen LogP contribution in [0.4, 0.5) is 11.4 Å². The zero-order chi connectivity index (χ0) is 22.0. The highest BCUT2D eigenvalue weighted by Crippen LogP contribution is 2.32. The molecule has 10 heteroatoms. The normalized spacial score (nSPS) is 21.2. The fourth-order valence-electron chi connectivity index (χ4n) is 3.77. The molecule has 1 atom stereocenters. The standard InChI is InChI=1S/C21H22BrClN4O3S/c22-17-7-6-16(31-17)19(28)26-21(8-10-30-12-21)20(29)25-13-4-5-15(14(23)11-13)27-9-2-1-3-18(27)24/h4-7,11,24H,1-3,8-10,12H2,(H,25,29)(H,26,28). The number of nitrogens with zero attached hydrogens (tertiary/aromatic N) is 1. The predicted octanol–water partition coefficient (Wildman–Crippen LogP) is 4.66. The highest BCUT2D eigenvalue weighted by atomic mass is 79.9. The maximum absolute atomic E-state index is 13.2. The van der Waals surface area contributed by atoms with Crippen molar-refractivity contribution in [3.8, 4) is 0 Å². The number of hydrogen-bond acceptors (Lipinski definition) is 5. The molecule has 164 valence electrons. The summed E-state index contributed by atoms with van der Waals surface area (Å²) in [7, 11) is 0. The molecular weight excluding hydrogens is 504 g/mol. The van der Waals surface area contributed by atoms with Gasteiger partial charge in [-0.25, -0.2) is 0 Å². The van der Waals surface area contributed by atoms with Crippen LogP contribution in [0.25, 0.3) is 0 Å². The van der Waals surface area contributed by atoms with E-state index >= 15 is 0 Å². The first-order chi connectivity index (χ1) is 14.9. The van der Waals surface area contributed by atoms with Gasteiger partial charge < -0.3 is 20.3 Å². The molecule has 0 bridgehead atoms. The summed E-state index contributed by atoms with van der Waals surface area (Å²) in [6, 6.07) is 8.77. The number of carbonyl (C=O) groups excluding carboxylic acids is 2. The van der Waals surface area contributed by atoms with Gasteiger partial charge in [-0.1, -0.05) is 11.6 Å². The van der Waals surface area contributed by atoms with E-state index in [2.05, 4.69) is 26.6 Å². The fraction of sp³-hybridized carbons (Fsp3) is 0.381. The molecule has 0 spiro atoms. The fourth-order valence-corrected chi connectivity index (χ4v) is 5.33. The number of carbonyl (C=O) groups is 2. The molecule has 2 aromatic rings. The lowest BCUT2D eigenvalue weighted by Gasteiger charge is -2.30. The lowest BCUT2D eigenvalue weighted by molar-refractivity contribution is -0.122. The van der Waals surface area contributed by atoms with Gasteiger partial charge in [-0.15, -0.1) is 11.3 Å². The minimum absolute atomic E-state index is 0.105. The number of hydrogen-bond donors (Lipinski definition) is 3. The van der Waals surface area contributed by atoms with E-state index in [0.29, 0.717) is 34.5 Å². The van der Waals surface area contributed by atoms with Gasteiger partial charge in [-0.3, -0.25) is 15.0 Å². The van der Waals surface area contributed by atoms with Crippen LogP contribution in [0.15, 0.2) is 34.1 Å². The van der Waals surface area contributed by atoms with Crippen molar-refractivity contribution in [3.63, 3.8) is 0 Å². The van der Waals surface area contributed by atoms with Crippen LogP contribution in [0, 0.1) is 5.41 Å². The number of anilines is 2. The summed E-state index contributed by atoms with van der Waals surface area (Å²) in [5.41, 5.74) is 0.148. The zero-order valence-electron chi connectivity index (χ0n) is 16.7. The van der Waals surface area contributed by atoms with Gasteiger partial charge >= 0.3 is 0 Å². The molecule has 7 nitrogen and oxygen atoms in total. The molecule has 2 amide bonds. The molecule has 2 fully saturated rings. The van der Waals surface area contributed by atoms with Crippen LogP contribution >= 0.6 is 38.9 Å². The summed E-state index contributed by atoms with van der Waals surface area (Å²) in [6.07, 6.45) is 3.14. The van der Waals surface area contributed by atoms with E-state index < -0.39 is 5.54 Å². The highest BCUT2D eigenvalue weighted by Gasteiger charge is 2.44. The van der Waals surface area contributed by atoms with E-state index in [1.807, 2.05) is 11.0 Å². The Kier molecular flexibility index (Phi) is 6.66. The monoisotopic (exact) mass is 524 g/mol. The first kappa shape index (κ1) is 22.3. The van der Waals surface area contributed by atoms with E-state index in [1.165, 1.54) is 11.3 Å². The van der Waals surface area contributed by atoms with E-state index in [1.54, 1.807) is 24.3 Å². The van der Waals surface area contributed by atoms with Crippen LogP contribution in [0.3, 0.4) is 0 Å². The number of benzene rings is 1. The third kappa shape index (κ3) is 4.79. The molecule has 3 heterocycles. The van der Waals surface area contributed by atoms with Crippen LogP contribution in [0.2, 0.25) is 5.02 Å². The van der Waals surface area contributed by atoms with E-state index in [-0.39, 0.29) is 18.4 Å². The molecule has 31 heavy (non-hydrogen) atoms. The quantitative estimate of drug-likeness (QED) is 0.529. The number of nitrogens with one attached hydrogen (secondary N) is 3. The molecule has 0 radical (unpaired) electrons. The Bertz CT molecular complexity index is 1020. The second-order valence-corrected chi connectivity index (χ2v) is 10.5. The zero-order valence-corrected chi connectivity index (χ0v) is 19.8. The van der Waals surface area contributed by atoms with Crippen molar-refractivity contribution in [1.82, 2.24) is 5.32 Å². The number of amidine groups is 1. The highest BCUT2D eigenvalue weighted by molar-refractivity contribution is 9.11. The Morgan fingerprint density at radius 3 is 2.74 bits per heavy atom. The number of piperidine rings is 1. The first-order valence-corrected chi connectivity index (χ1v) is 12.0. The van der Waals surface area contributed by atoms with Gasteiger partial charge in [0.1, 0.15) is 11.4 Å². The van der Waals surface area contributed by atoms with Crippen molar-refractivity contribution < 1.29 is 14.3 Å². The molecule has 2 aliphatic heterocycles. The lowest BCUT2D eigenvalue weighted by atomic mass is 9.97. The summed E-state index contributed by atoms with van der Waals surface area (Å²) < 4.78 is 6.30. The summed E-state index contributed by atoms with van der Waals surface area (Å²) in [4.78, 5) is 28.3. The Hall–Kier alpha value is -1.94. The number of ether oxygens (including phenoxy) is 1. The van der Waals surface area contributed by atoms with Crippen LogP contribution in [0.1, 0.15) is 35.4 Å². The molecule has 2 aliphatic rings. The lowest BCUT2D eigenvalue weighted by Crippen LogP contribution is -2.57. The van der Waals surface area contributed by atoms with Gasteiger partial charge in [0.2, 0.25) is 0 Å². The van der Waals surface area contributed by atoms with Crippen molar-refractivity contribution in [1.29, 1.82) is 5.41 Å². The second-order valence-electron chi connectivity index (χ2n) is 7.62. The van der Waals surface area contributed by atoms with Gasteiger partial charge in [0.25, 0.3) is 11.8 Å². The van der Waals surface area contributed by atoms with Gasteiger partial charge in [0.05, 0.1) is 26.0 Å². The third-order valence-electron chi connectivity index (χ3n) is 5.47. The topological polar surface area (TPSA) is 94.5 Å². The van der Waals surface area contributed by atoms with Crippen molar-refractivity contribution in [2.24, 2.45) is 0 Å². The summed E-state index contributed by atoms with van der Waals surface area (Å²) in [6.45, 7) is 1.25. The second kappa shape index (κ2) is 9.28. The van der Waals surface area contributed by atoms with Crippen LogP contribution in [0.5, 0.6) is 0 Å².